The van der Waals surface area contributed by atoms with E-state index in [2.05, 4.69) is 10.3 Å². The molecule has 24 heavy (non-hydrogen) atoms. The Labute approximate surface area is 151 Å². The third kappa shape index (κ3) is 3.48. The number of nitrogens with one attached hydrogen (secondary N) is 1. The van der Waals surface area contributed by atoms with Gasteiger partial charge in [0, 0.05) is 11.9 Å². The molecule has 0 unspecified atom stereocenters. The summed E-state index contributed by atoms with van der Waals surface area (Å²) in [6.45, 7) is 1.94. The molecule has 0 aliphatic carbocycles. The minimum atomic E-state index is -0.204. The Morgan fingerprint density at radius 3 is 2.92 bits per heavy atom. The maximum atomic E-state index is 12.3. The number of anilines is 1. The first kappa shape index (κ1) is 17.0. The molecular formula is C16H14ClN3O2S2. The van der Waals surface area contributed by atoms with Gasteiger partial charge in [-0.05, 0) is 25.1 Å². The number of hydrogen-bond donors (Lipinski definition) is 1. The Morgan fingerprint density at radius 1 is 1.42 bits per heavy atom. The van der Waals surface area contributed by atoms with Crippen LogP contribution in [0.3, 0.4) is 0 Å². The molecule has 0 saturated heterocycles. The maximum Gasteiger partial charge on any atom is 0.262 e. The Bertz CT molecular complexity index is 981. The van der Waals surface area contributed by atoms with Crippen LogP contribution in [-0.2, 0) is 11.8 Å². The summed E-state index contributed by atoms with van der Waals surface area (Å²) in [5.74, 6) is -0.0636. The predicted octanol–water partition coefficient (Wildman–Crippen LogP) is 3.69. The van der Waals surface area contributed by atoms with Gasteiger partial charge in [0.2, 0.25) is 5.91 Å². The lowest BCUT2D eigenvalue weighted by Gasteiger charge is -2.08. The Morgan fingerprint density at radius 2 is 2.17 bits per heavy atom. The number of halogens is 1. The van der Waals surface area contributed by atoms with Gasteiger partial charge in [-0.25, -0.2) is 4.98 Å². The molecule has 1 amide bonds. The van der Waals surface area contributed by atoms with Crippen molar-refractivity contribution in [2.45, 2.75) is 12.1 Å². The van der Waals surface area contributed by atoms with Gasteiger partial charge in [0.05, 0.1) is 21.8 Å². The van der Waals surface area contributed by atoms with Crippen LogP contribution < -0.4 is 10.9 Å². The van der Waals surface area contributed by atoms with Crippen LogP contribution in [0, 0.1) is 6.92 Å². The van der Waals surface area contributed by atoms with E-state index < -0.39 is 0 Å². The molecule has 0 aliphatic rings. The fourth-order valence-corrected chi connectivity index (χ4v) is 4.05. The van der Waals surface area contributed by atoms with Crippen LogP contribution in [0.1, 0.15) is 4.88 Å². The number of benzene rings is 1. The zero-order chi connectivity index (χ0) is 17.3. The van der Waals surface area contributed by atoms with Crippen LogP contribution in [0.2, 0.25) is 5.02 Å². The third-order valence-corrected chi connectivity index (χ3v) is 5.64. The summed E-state index contributed by atoms with van der Waals surface area (Å²) in [7, 11) is 1.66. The number of aromatic nitrogens is 2. The molecule has 0 atom stereocenters. The van der Waals surface area contributed by atoms with E-state index in [-0.39, 0.29) is 17.2 Å². The number of nitrogens with zero attached hydrogens (tertiary/aromatic N) is 2. The lowest BCUT2D eigenvalue weighted by atomic mass is 10.3. The predicted molar refractivity (Wildman–Crippen MR) is 100 cm³/mol. The molecule has 3 aromatic rings. The van der Waals surface area contributed by atoms with Gasteiger partial charge >= 0.3 is 0 Å². The molecule has 0 fully saturated rings. The number of para-hydroxylation sites is 1. The topological polar surface area (TPSA) is 64.0 Å². The quantitative estimate of drug-likeness (QED) is 0.554. The molecule has 0 spiro atoms. The van der Waals surface area contributed by atoms with Crippen molar-refractivity contribution in [3.8, 4) is 0 Å². The molecule has 2 aromatic heterocycles. The van der Waals surface area contributed by atoms with Gasteiger partial charge in [0.15, 0.2) is 5.16 Å². The number of carbonyl (C=O) groups is 1. The average molecular weight is 380 g/mol. The van der Waals surface area contributed by atoms with Crippen LogP contribution in [0.5, 0.6) is 0 Å². The van der Waals surface area contributed by atoms with Crippen molar-refractivity contribution in [1.29, 1.82) is 0 Å². The normalized spacial score (nSPS) is 11.0. The summed E-state index contributed by atoms with van der Waals surface area (Å²) < 4.78 is 1.47. The van der Waals surface area contributed by atoms with E-state index in [9.17, 15) is 9.59 Å². The molecular weight excluding hydrogens is 366 g/mol. The lowest BCUT2D eigenvalue weighted by molar-refractivity contribution is -0.113. The monoisotopic (exact) mass is 379 g/mol. The van der Waals surface area contributed by atoms with Gasteiger partial charge in [-0.15, -0.1) is 11.3 Å². The number of thiophene rings is 1. The first-order chi connectivity index (χ1) is 11.5. The summed E-state index contributed by atoms with van der Waals surface area (Å²) >= 11 is 8.72. The molecule has 3 rings (SSSR count). The maximum absolute atomic E-state index is 12.3. The first-order valence-corrected chi connectivity index (χ1v) is 9.28. The zero-order valence-corrected chi connectivity index (χ0v) is 15.4. The molecule has 1 N–H and O–H groups in total. The van der Waals surface area contributed by atoms with Gasteiger partial charge < -0.3 is 5.32 Å². The van der Waals surface area contributed by atoms with Gasteiger partial charge in [-0.1, -0.05) is 35.5 Å². The van der Waals surface area contributed by atoms with Gasteiger partial charge in [0.1, 0.15) is 4.83 Å². The molecule has 0 radical (unpaired) electrons. The third-order valence-electron chi connectivity index (χ3n) is 3.34. The number of aryl methyl sites for hydroxylation is 1. The van der Waals surface area contributed by atoms with Crippen molar-refractivity contribution in [1.82, 2.24) is 9.55 Å². The highest BCUT2D eigenvalue weighted by Crippen LogP contribution is 2.24. The number of amides is 1. The van der Waals surface area contributed by atoms with Crippen LogP contribution >= 0.6 is 34.7 Å². The van der Waals surface area contributed by atoms with Crippen LogP contribution in [0.4, 0.5) is 5.69 Å². The van der Waals surface area contributed by atoms with Gasteiger partial charge in [-0.3, -0.25) is 14.2 Å². The highest BCUT2D eigenvalue weighted by Gasteiger charge is 2.13. The van der Waals surface area contributed by atoms with Crippen molar-refractivity contribution in [3.05, 3.63) is 50.6 Å². The van der Waals surface area contributed by atoms with E-state index in [1.165, 1.54) is 27.7 Å². The van der Waals surface area contributed by atoms with Crippen LogP contribution in [0.25, 0.3) is 10.2 Å². The van der Waals surface area contributed by atoms with Crippen molar-refractivity contribution < 1.29 is 4.79 Å². The Hall–Kier alpha value is -1.83. The van der Waals surface area contributed by atoms with E-state index >= 15 is 0 Å². The number of rotatable bonds is 4. The second kappa shape index (κ2) is 6.96. The van der Waals surface area contributed by atoms with Crippen LogP contribution in [0.15, 0.2) is 40.3 Å². The number of carbonyl (C=O) groups excluding carboxylic acids is 1. The number of thioether (sulfide) groups is 1. The SMILES string of the molecule is Cc1cc2c(=O)n(C)c(SCC(=O)Nc3ccccc3Cl)nc2s1. The molecule has 124 valence electrons. The summed E-state index contributed by atoms with van der Waals surface area (Å²) in [6, 6.07) is 8.88. The molecule has 0 saturated carbocycles. The number of hydrogen-bond acceptors (Lipinski definition) is 5. The van der Waals surface area contributed by atoms with Gasteiger partial charge in [0.25, 0.3) is 5.56 Å². The first-order valence-electron chi connectivity index (χ1n) is 7.10. The molecule has 8 heteroatoms. The second-order valence-corrected chi connectivity index (χ2v) is 7.74. The minimum Gasteiger partial charge on any atom is -0.324 e. The zero-order valence-electron chi connectivity index (χ0n) is 13.0. The standard InChI is InChI=1S/C16H14ClN3O2S2/c1-9-7-10-14(24-9)19-16(20(2)15(10)22)23-8-13(21)18-12-6-4-3-5-11(12)17/h3-7H,8H2,1-2H3,(H,18,21). The van der Waals surface area contributed by atoms with Crippen molar-refractivity contribution in [2.75, 3.05) is 11.1 Å². The Balaban J connectivity index is 1.76. The van der Waals surface area contributed by atoms with E-state index in [4.69, 9.17) is 11.6 Å². The fraction of sp³-hybridized carbons (Fsp3) is 0.188. The summed E-state index contributed by atoms with van der Waals surface area (Å²) in [5.41, 5.74) is 0.467. The number of fused-ring (bicyclic) bond motifs is 1. The van der Waals surface area contributed by atoms with Gasteiger partial charge in [-0.2, -0.15) is 0 Å². The minimum absolute atomic E-state index is 0.0987. The molecule has 0 bridgehead atoms. The second-order valence-electron chi connectivity index (χ2n) is 5.15. The fourth-order valence-electron chi connectivity index (χ4n) is 2.18. The highest BCUT2D eigenvalue weighted by atomic mass is 35.5. The molecule has 2 heterocycles. The smallest absolute Gasteiger partial charge is 0.262 e. The van der Waals surface area contributed by atoms with E-state index in [0.717, 1.165) is 4.88 Å². The molecule has 1 aromatic carbocycles. The van der Waals surface area contributed by atoms with Crippen molar-refractivity contribution in [2.24, 2.45) is 7.05 Å². The van der Waals surface area contributed by atoms with Crippen LogP contribution in [-0.4, -0.2) is 21.2 Å². The largest absolute Gasteiger partial charge is 0.324 e. The lowest BCUT2D eigenvalue weighted by Crippen LogP contribution is -2.20. The van der Waals surface area contributed by atoms with Crippen molar-refractivity contribution >= 4 is 56.5 Å². The molecule has 0 aliphatic heterocycles. The summed E-state index contributed by atoms with van der Waals surface area (Å²) in [5, 5.41) is 4.37. The summed E-state index contributed by atoms with van der Waals surface area (Å²) in [6.07, 6.45) is 0. The van der Waals surface area contributed by atoms with E-state index in [0.29, 0.717) is 26.1 Å². The summed E-state index contributed by atoms with van der Waals surface area (Å²) in [4.78, 5) is 30.7. The van der Waals surface area contributed by atoms with Crippen molar-refractivity contribution in [3.63, 3.8) is 0 Å². The molecule has 5 nitrogen and oxygen atoms in total. The highest BCUT2D eigenvalue weighted by molar-refractivity contribution is 7.99. The van der Waals surface area contributed by atoms with E-state index in [1.54, 1.807) is 31.3 Å². The van der Waals surface area contributed by atoms with E-state index in [1.807, 2.05) is 13.0 Å². The average Bonchev–Trinajstić information content (AvgIpc) is 2.92. The Kier molecular flexibility index (Phi) is 4.93.